The predicted octanol–water partition coefficient (Wildman–Crippen LogP) is 1.75. The van der Waals surface area contributed by atoms with Gasteiger partial charge in [-0.3, -0.25) is 27.9 Å². The molecule has 0 saturated carbocycles. The van der Waals surface area contributed by atoms with Crippen molar-refractivity contribution in [3.8, 4) is 0 Å². The summed E-state index contributed by atoms with van der Waals surface area (Å²) in [5, 5.41) is 24.9. The molecular weight excluding hydrogens is 497 g/mol. The van der Waals surface area contributed by atoms with Gasteiger partial charge in [0, 0.05) is 28.6 Å². The van der Waals surface area contributed by atoms with Crippen LogP contribution in [-0.4, -0.2) is 50.9 Å². The third-order valence-corrected chi connectivity index (χ3v) is 6.97. The second-order valence-corrected chi connectivity index (χ2v) is 9.55. The molecule has 0 spiro atoms. The van der Waals surface area contributed by atoms with Gasteiger partial charge in [-0.25, -0.2) is 9.36 Å². The second kappa shape index (κ2) is 9.62. The minimum atomic E-state index is -4.24. The fourth-order valence-corrected chi connectivity index (χ4v) is 5.22. The Bertz CT molecular complexity index is 1280. The van der Waals surface area contributed by atoms with Crippen LogP contribution in [0.15, 0.2) is 51.2 Å². The molecule has 1 aromatic heterocycles. The number of phosphoric ester groups is 1. The highest BCUT2D eigenvalue weighted by Gasteiger charge is 2.56. The highest BCUT2D eigenvalue weighted by molar-refractivity contribution is 7.48. The number of aliphatic hydroxyl groups excluding tert-OH is 2. The number of ether oxygens (including phenoxy) is 1. The zero-order chi connectivity index (χ0) is 24.5. The number of azide groups is 1. The molecule has 3 N–H and O–H groups in total. The molecule has 1 unspecified atom stereocenters. The number of halogens is 1. The van der Waals surface area contributed by atoms with Gasteiger partial charge < -0.3 is 14.9 Å². The van der Waals surface area contributed by atoms with E-state index < -0.39 is 55.9 Å². The van der Waals surface area contributed by atoms with E-state index >= 15 is 0 Å². The third-order valence-electron chi connectivity index (χ3n) is 5.28. The van der Waals surface area contributed by atoms with Gasteiger partial charge in [-0.1, -0.05) is 28.8 Å². The quantitative estimate of drug-likeness (QED) is 0.222. The first-order chi connectivity index (χ1) is 16.2. The molecule has 0 aliphatic carbocycles. The highest BCUT2D eigenvalue weighted by atomic mass is 35.5. The maximum absolute atomic E-state index is 13.1. The van der Waals surface area contributed by atoms with E-state index in [0.717, 1.165) is 16.8 Å². The van der Waals surface area contributed by atoms with Crippen LogP contribution in [0.5, 0.6) is 0 Å². The average Bonchev–Trinajstić information content (AvgIpc) is 3.04. The van der Waals surface area contributed by atoms with Gasteiger partial charge >= 0.3 is 13.5 Å². The van der Waals surface area contributed by atoms with E-state index in [4.69, 9.17) is 35.4 Å². The first kappa shape index (κ1) is 24.6. The minimum Gasteiger partial charge on any atom is -0.387 e. The summed E-state index contributed by atoms with van der Waals surface area (Å²) in [5.74, 6) is 0. The number of hydrogen-bond acceptors (Lipinski definition) is 10. The molecule has 2 aromatic rings. The van der Waals surface area contributed by atoms with Gasteiger partial charge in [0.1, 0.15) is 12.2 Å². The molecule has 3 heterocycles. The van der Waals surface area contributed by atoms with E-state index in [1.807, 2.05) is 4.98 Å². The SMILES string of the molecule is [N-]=[N+]=N[C@]1(CO[P@@]2(=O)OCC[C@@H](c3cccc(Cl)c3)O2)OC(n2ccc(=O)[nH]c2=O)[C@H](O)[C@@H]1O. The summed E-state index contributed by atoms with van der Waals surface area (Å²) in [7, 11) is -4.24. The topological polar surface area (TPSA) is 198 Å². The summed E-state index contributed by atoms with van der Waals surface area (Å²) in [4.78, 5) is 28.0. The Kier molecular flexibility index (Phi) is 6.97. The van der Waals surface area contributed by atoms with Gasteiger partial charge in [-0.2, -0.15) is 0 Å². The summed E-state index contributed by atoms with van der Waals surface area (Å²) >= 11 is 6.00. The van der Waals surface area contributed by atoms with Crippen molar-refractivity contribution >= 4 is 19.4 Å². The molecule has 14 nitrogen and oxygen atoms in total. The molecule has 2 fully saturated rings. The van der Waals surface area contributed by atoms with Crippen molar-refractivity contribution in [1.82, 2.24) is 9.55 Å². The lowest BCUT2D eigenvalue weighted by molar-refractivity contribution is -0.127. The molecule has 2 aliphatic rings. The van der Waals surface area contributed by atoms with Crippen LogP contribution >= 0.6 is 19.4 Å². The molecule has 2 saturated heterocycles. The molecule has 0 amide bonds. The first-order valence-corrected chi connectivity index (χ1v) is 11.7. The largest absolute Gasteiger partial charge is 0.475 e. The Balaban J connectivity index is 1.55. The molecule has 6 atom stereocenters. The van der Waals surface area contributed by atoms with Crippen molar-refractivity contribution in [2.45, 2.75) is 36.7 Å². The van der Waals surface area contributed by atoms with E-state index in [1.165, 1.54) is 0 Å². The molecule has 0 radical (unpaired) electrons. The fraction of sp³-hybridized carbons (Fsp3) is 0.444. The number of aromatic amines is 1. The van der Waals surface area contributed by atoms with Gasteiger partial charge in [0.25, 0.3) is 5.56 Å². The van der Waals surface area contributed by atoms with E-state index in [-0.39, 0.29) is 6.61 Å². The van der Waals surface area contributed by atoms with Crippen LogP contribution in [0.1, 0.15) is 24.3 Å². The summed E-state index contributed by atoms with van der Waals surface area (Å²) in [6.07, 6.45) is -4.56. The molecule has 4 rings (SSSR count). The zero-order valence-corrected chi connectivity index (χ0v) is 18.9. The Hall–Kier alpha value is -2.51. The normalized spacial score (nSPS) is 33.4. The molecule has 2 aliphatic heterocycles. The van der Waals surface area contributed by atoms with Crippen LogP contribution in [0.2, 0.25) is 5.02 Å². The summed E-state index contributed by atoms with van der Waals surface area (Å²) in [6, 6.07) is 7.71. The van der Waals surface area contributed by atoms with Crippen LogP contribution in [0.4, 0.5) is 0 Å². The van der Waals surface area contributed by atoms with Gasteiger partial charge in [0.05, 0.1) is 19.3 Å². The lowest BCUT2D eigenvalue weighted by Gasteiger charge is -2.32. The van der Waals surface area contributed by atoms with E-state index in [0.29, 0.717) is 17.0 Å². The van der Waals surface area contributed by atoms with Gasteiger partial charge in [-0.15, -0.1) is 0 Å². The van der Waals surface area contributed by atoms with Crippen molar-refractivity contribution < 1.29 is 33.1 Å². The van der Waals surface area contributed by atoms with Crippen molar-refractivity contribution in [2.75, 3.05) is 13.2 Å². The molecule has 34 heavy (non-hydrogen) atoms. The Morgan fingerprint density at radius 2 is 2.18 bits per heavy atom. The van der Waals surface area contributed by atoms with Crippen molar-refractivity contribution in [3.05, 3.63) is 78.4 Å². The van der Waals surface area contributed by atoms with Crippen LogP contribution in [0, 0.1) is 0 Å². The Morgan fingerprint density at radius 3 is 2.88 bits per heavy atom. The van der Waals surface area contributed by atoms with Crippen LogP contribution in [0.3, 0.4) is 0 Å². The number of nitrogens with one attached hydrogen (secondary N) is 1. The number of hydrogen-bond donors (Lipinski definition) is 3. The summed E-state index contributed by atoms with van der Waals surface area (Å²) < 4.78 is 35.5. The molecule has 0 bridgehead atoms. The lowest BCUT2D eigenvalue weighted by atomic mass is 10.1. The monoisotopic (exact) mass is 515 g/mol. The van der Waals surface area contributed by atoms with Crippen LogP contribution in [0.25, 0.3) is 10.4 Å². The zero-order valence-electron chi connectivity index (χ0n) is 17.3. The molecule has 1 aromatic carbocycles. The maximum atomic E-state index is 13.1. The number of aromatic nitrogens is 2. The van der Waals surface area contributed by atoms with Crippen molar-refractivity contribution in [1.29, 1.82) is 0 Å². The summed E-state index contributed by atoms with van der Waals surface area (Å²) in [6.45, 7) is -0.853. The number of phosphoric acid groups is 1. The van der Waals surface area contributed by atoms with E-state index in [2.05, 4.69) is 10.0 Å². The average molecular weight is 516 g/mol. The summed E-state index contributed by atoms with van der Waals surface area (Å²) in [5.41, 5.74) is 5.72. The standard InChI is InChI=1S/C18H19ClN5O9P/c19-11-3-1-2-10(8-11)12-5-7-30-34(29,33-12)31-9-18(22-23-20)15(27)14(26)16(32-18)24-6-4-13(25)21-17(24)28/h1-4,6,8,12,14-16,26-27H,5,7,9H2,(H,21,25,28)/t12-,14+,15-,16?,18+,34+/m0/s1. The van der Waals surface area contributed by atoms with Crippen LogP contribution < -0.4 is 11.2 Å². The fourth-order valence-electron chi connectivity index (χ4n) is 3.61. The molecule has 182 valence electrons. The Morgan fingerprint density at radius 1 is 1.38 bits per heavy atom. The number of H-pyrrole nitrogens is 1. The van der Waals surface area contributed by atoms with Gasteiger partial charge in [0.15, 0.2) is 6.23 Å². The van der Waals surface area contributed by atoms with Gasteiger partial charge in [-0.05, 0) is 23.2 Å². The number of aliphatic hydroxyl groups is 2. The third kappa shape index (κ3) is 4.82. The van der Waals surface area contributed by atoms with Gasteiger partial charge in [0.2, 0.25) is 5.72 Å². The van der Waals surface area contributed by atoms with E-state index in [1.54, 1.807) is 24.3 Å². The maximum Gasteiger partial charge on any atom is 0.475 e. The second-order valence-electron chi connectivity index (χ2n) is 7.49. The number of benzene rings is 1. The first-order valence-electron chi connectivity index (χ1n) is 9.91. The minimum absolute atomic E-state index is 0.00437. The Labute approximate surface area is 195 Å². The predicted molar refractivity (Wildman–Crippen MR) is 115 cm³/mol. The molecular formula is C18H19ClN5O9P. The van der Waals surface area contributed by atoms with Crippen molar-refractivity contribution in [3.63, 3.8) is 0 Å². The number of nitrogens with zero attached hydrogens (tertiary/aromatic N) is 4. The lowest BCUT2D eigenvalue weighted by Crippen LogP contribution is -2.45. The smallest absolute Gasteiger partial charge is 0.387 e. The van der Waals surface area contributed by atoms with Crippen LogP contribution in [-0.2, 0) is 22.9 Å². The highest BCUT2D eigenvalue weighted by Crippen LogP contribution is 2.58. The van der Waals surface area contributed by atoms with Crippen molar-refractivity contribution in [2.24, 2.45) is 5.11 Å². The number of rotatable bonds is 6. The van der Waals surface area contributed by atoms with E-state index in [9.17, 15) is 24.4 Å². The molecule has 16 heteroatoms.